The second-order valence-electron chi connectivity index (χ2n) is 7.99. The van der Waals surface area contributed by atoms with Crippen LogP contribution in [-0.2, 0) is 28.8 Å². The summed E-state index contributed by atoms with van der Waals surface area (Å²) in [6.07, 6.45) is -0.0488. The summed E-state index contributed by atoms with van der Waals surface area (Å²) >= 11 is 0.657. The number of unbranched alkanes of at least 4 members (excludes halogenated alkanes) is 1. The number of aliphatic hydroxyl groups excluding tert-OH is 1. The van der Waals surface area contributed by atoms with E-state index in [4.69, 9.17) is 17.2 Å². The third-order valence-corrected chi connectivity index (χ3v) is 6.60. The van der Waals surface area contributed by atoms with Crippen LogP contribution in [0.25, 0.3) is 0 Å². The topological polar surface area (TPSA) is 269 Å². The molecule has 16 heteroatoms. The Bertz CT molecular complexity index is 829. The van der Waals surface area contributed by atoms with Gasteiger partial charge in [-0.15, -0.1) is 11.8 Å². The van der Waals surface area contributed by atoms with E-state index in [0.29, 0.717) is 18.2 Å². The number of nitrogens with two attached hydrogens (primary N) is 3. The predicted octanol–water partition coefficient (Wildman–Crippen LogP) is -4.57. The van der Waals surface area contributed by atoms with E-state index >= 15 is 0 Å². The molecule has 198 valence electrons. The number of carbonyl (C=O) groups is 6. The van der Waals surface area contributed by atoms with Gasteiger partial charge < -0.3 is 48.7 Å². The van der Waals surface area contributed by atoms with Crippen molar-refractivity contribution >= 4 is 47.3 Å². The molecule has 12 N–H and O–H groups in total. The fourth-order valence-electron chi connectivity index (χ4n) is 3.06. The lowest BCUT2D eigenvalue weighted by atomic mass is 10.1. The number of amides is 5. The second-order valence-corrected chi connectivity index (χ2v) is 9.31. The lowest BCUT2D eigenvalue weighted by molar-refractivity contribution is -0.144. The van der Waals surface area contributed by atoms with Crippen molar-refractivity contribution in [2.45, 2.75) is 61.6 Å². The first-order valence-corrected chi connectivity index (χ1v) is 11.8. The molecule has 1 aliphatic rings. The summed E-state index contributed by atoms with van der Waals surface area (Å²) in [6, 6.07) is -5.59. The van der Waals surface area contributed by atoms with Gasteiger partial charge in [0, 0.05) is 5.75 Å². The third-order valence-electron chi connectivity index (χ3n) is 5.11. The van der Waals surface area contributed by atoms with Gasteiger partial charge in [0.2, 0.25) is 29.5 Å². The molecule has 2 unspecified atom stereocenters. The van der Waals surface area contributed by atoms with Gasteiger partial charge in [-0.2, -0.15) is 0 Å². The van der Waals surface area contributed by atoms with Crippen LogP contribution in [0.15, 0.2) is 0 Å². The van der Waals surface area contributed by atoms with Gasteiger partial charge in [0.15, 0.2) is 4.87 Å². The smallest absolute Gasteiger partial charge is 0.340 e. The van der Waals surface area contributed by atoms with E-state index in [2.05, 4.69) is 21.3 Å². The highest BCUT2D eigenvalue weighted by Gasteiger charge is 2.43. The third kappa shape index (κ3) is 8.97. The Morgan fingerprint density at radius 1 is 1.03 bits per heavy atom. The van der Waals surface area contributed by atoms with Gasteiger partial charge in [-0.1, -0.05) is 0 Å². The van der Waals surface area contributed by atoms with Crippen LogP contribution in [0.1, 0.15) is 32.6 Å². The molecule has 15 nitrogen and oxygen atoms in total. The summed E-state index contributed by atoms with van der Waals surface area (Å²) in [5.41, 5.74) is 16.6. The number of carboxylic acid groups (broad SMARTS) is 1. The molecule has 0 aromatic rings. The molecule has 1 fully saturated rings. The number of rotatable bonds is 8. The first kappa shape index (κ1) is 30.1. The molecule has 35 heavy (non-hydrogen) atoms. The minimum absolute atomic E-state index is 0.114. The highest BCUT2D eigenvalue weighted by Crippen LogP contribution is 2.30. The Labute approximate surface area is 205 Å². The van der Waals surface area contributed by atoms with Crippen LogP contribution in [0.3, 0.4) is 0 Å². The quantitative estimate of drug-likeness (QED) is 0.138. The molecule has 0 aromatic heterocycles. The highest BCUT2D eigenvalue weighted by molar-refractivity contribution is 8.01. The Balaban J connectivity index is 3.44. The monoisotopic (exact) mass is 519 g/mol. The molecule has 5 atom stereocenters. The summed E-state index contributed by atoms with van der Waals surface area (Å²) in [5, 5.41) is 28.7. The average molecular weight is 520 g/mol. The number of primary amides is 1. The average Bonchev–Trinajstić information content (AvgIpc) is 2.78. The summed E-state index contributed by atoms with van der Waals surface area (Å²) in [6.45, 7) is 0.711. The lowest BCUT2D eigenvalue weighted by Gasteiger charge is -2.32. The molecule has 0 saturated carbocycles. The van der Waals surface area contributed by atoms with E-state index in [1.165, 1.54) is 6.92 Å². The number of nitrogens with one attached hydrogen (secondary N) is 4. The van der Waals surface area contributed by atoms with Crippen molar-refractivity contribution in [1.29, 1.82) is 0 Å². The Morgan fingerprint density at radius 3 is 2.20 bits per heavy atom. The maximum Gasteiger partial charge on any atom is 0.340 e. The molecule has 1 heterocycles. The van der Waals surface area contributed by atoms with E-state index in [0.717, 1.165) is 0 Å². The van der Waals surface area contributed by atoms with Crippen molar-refractivity contribution in [1.82, 2.24) is 21.3 Å². The summed E-state index contributed by atoms with van der Waals surface area (Å²) in [7, 11) is 0. The van der Waals surface area contributed by atoms with Gasteiger partial charge in [0.1, 0.15) is 18.1 Å². The Hall–Kier alpha value is -2.95. The SMILES string of the molecule is C[C@@H]1NC(=O)C(CO)NC(=O)C(N)CS[C@](CCCCN)(C(=O)O)NC(=O)[C@H](CC(N)=O)NC1=O. The summed E-state index contributed by atoms with van der Waals surface area (Å²) < 4.78 is 0. The summed E-state index contributed by atoms with van der Waals surface area (Å²) in [5.74, 6) is -6.38. The first-order chi connectivity index (χ1) is 16.4. The zero-order valence-corrected chi connectivity index (χ0v) is 20.1. The highest BCUT2D eigenvalue weighted by atomic mass is 32.2. The van der Waals surface area contributed by atoms with Gasteiger partial charge in [0.05, 0.1) is 19.1 Å². The molecule has 0 aliphatic carbocycles. The van der Waals surface area contributed by atoms with E-state index in [-0.39, 0.29) is 25.1 Å². The standard InChI is InChI=1S/C19H33N7O8S/c1-9-14(29)24-11(6-13(22)28)17(32)26-19(18(33)34,4-2-3-5-20)35-8-10(21)15(30)25-12(7-27)16(31)23-9/h9-12,27H,2-8,20-21H2,1H3,(H2,22,28)(H,23,31)(H,24,29)(H,25,30)(H,26,32)(H,33,34)/t9-,10?,11-,12?,19+/m0/s1. The number of aliphatic hydroxyl groups is 1. The van der Waals surface area contributed by atoms with Crippen molar-refractivity contribution in [3.8, 4) is 0 Å². The van der Waals surface area contributed by atoms with Gasteiger partial charge in [-0.05, 0) is 32.7 Å². The lowest BCUT2D eigenvalue weighted by Crippen LogP contribution is -2.60. The number of carboxylic acids is 1. The van der Waals surface area contributed by atoms with Crippen LogP contribution in [0.5, 0.6) is 0 Å². The van der Waals surface area contributed by atoms with Crippen LogP contribution < -0.4 is 38.5 Å². The van der Waals surface area contributed by atoms with Gasteiger partial charge in [-0.3, -0.25) is 24.0 Å². The van der Waals surface area contributed by atoms with Crippen molar-refractivity contribution in [2.75, 3.05) is 18.9 Å². The van der Waals surface area contributed by atoms with Crippen molar-refractivity contribution in [3.63, 3.8) is 0 Å². The number of hydrogen-bond donors (Lipinski definition) is 9. The molecule has 0 aromatic carbocycles. The van der Waals surface area contributed by atoms with Crippen LogP contribution in [0.2, 0.25) is 0 Å². The Morgan fingerprint density at radius 2 is 1.66 bits per heavy atom. The fraction of sp³-hybridized carbons (Fsp3) is 0.684. The molecule has 1 rings (SSSR count). The van der Waals surface area contributed by atoms with Crippen LogP contribution in [0.4, 0.5) is 0 Å². The zero-order valence-electron chi connectivity index (χ0n) is 19.2. The number of thioether (sulfide) groups is 1. The van der Waals surface area contributed by atoms with Crippen LogP contribution in [-0.4, -0.2) is 93.7 Å². The zero-order chi connectivity index (χ0) is 26.8. The fourth-order valence-corrected chi connectivity index (χ4v) is 4.26. The molecule has 0 bridgehead atoms. The van der Waals surface area contributed by atoms with E-state index in [1.54, 1.807) is 0 Å². The normalized spacial score (nSPS) is 29.0. The molecular weight excluding hydrogens is 486 g/mol. The van der Waals surface area contributed by atoms with E-state index < -0.39 is 77.6 Å². The number of hydrogen-bond acceptors (Lipinski definition) is 10. The number of aliphatic carboxylic acids is 1. The minimum Gasteiger partial charge on any atom is -0.479 e. The van der Waals surface area contributed by atoms with Crippen LogP contribution >= 0.6 is 11.8 Å². The van der Waals surface area contributed by atoms with Crippen LogP contribution in [0, 0.1) is 0 Å². The molecule has 0 spiro atoms. The largest absolute Gasteiger partial charge is 0.479 e. The van der Waals surface area contributed by atoms with Gasteiger partial charge in [-0.25, -0.2) is 4.79 Å². The van der Waals surface area contributed by atoms with Gasteiger partial charge in [0.25, 0.3) is 0 Å². The van der Waals surface area contributed by atoms with Crippen molar-refractivity contribution in [2.24, 2.45) is 17.2 Å². The van der Waals surface area contributed by atoms with E-state index in [1.807, 2.05) is 0 Å². The predicted molar refractivity (Wildman–Crippen MR) is 124 cm³/mol. The van der Waals surface area contributed by atoms with Gasteiger partial charge >= 0.3 is 5.97 Å². The maximum absolute atomic E-state index is 13.0. The second kappa shape index (κ2) is 13.8. The summed E-state index contributed by atoms with van der Waals surface area (Å²) in [4.78, 5) is 72.4. The number of carbonyl (C=O) groups excluding carboxylic acids is 5. The minimum atomic E-state index is -1.99. The molecular formula is C19H33N7O8S. The first-order valence-electron chi connectivity index (χ1n) is 10.8. The van der Waals surface area contributed by atoms with Crippen molar-refractivity contribution in [3.05, 3.63) is 0 Å². The molecule has 1 aliphatic heterocycles. The van der Waals surface area contributed by atoms with Crippen molar-refractivity contribution < 1.29 is 39.0 Å². The maximum atomic E-state index is 13.0. The molecule has 5 amide bonds. The molecule has 1 saturated heterocycles. The van der Waals surface area contributed by atoms with E-state index in [9.17, 15) is 39.0 Å². The Kier molecular flexibility index (Phi) is 11.9. The molecule has 0 radical (unpaired) electrons.